The molecule has 0 aliphatic carbocycles. The van der Waals surface area contributed by atoms with Crippen molar-refractivity contribution < 1.29 is 29.0 Å². The van der Waals surface area contributed by atoms with Crippen LogP contribution >= 0.6 is 0 Å². The van der Waals surface area contributed by atoms with Crippen molar-refractivity contribution in [1.29, 1.82) is 5.26 Å². The zero-order valence-electron chi connectivity index (χ0n) is 16.2. The zero-order chi connectivity index (χ0) is 21.0. The van der Waals surface area contributed by atoms with Gasteiger partial charge < -0.3 is 24.4 Å². The van der Waals surface area contributed by atoms with Crippen LogP contribution in [0.2, 0.25) is 0 Å². The first-order chi connectivity index (χ1) is 13.9. The normalized spacial score (nSPS) is 18.3. The number of carbonyl (C=O) groups is 3. The predicted octanol–water partition coefficient (Wildman–Crippen LogP) is 0.874. The summed E-state index contributed by atoms with van der Waals surface area (Å²) in [6, 6.07) is 5.99. The Labute approximate surface area is 168 Å². The molecule has 0 saturated carbocycles. The monoisotopic (exact) mass is 401 g/mol. The number of carbonyl (C=O) groups excluding carboxylic acids is 2. The molecule has 2 aliphatic rings. The minimum absolute atomic E-state index is 0.160. The highest BCUT2D eigenvalue weighted by atomic mass is 16.5. The number of carboxylic acids is 1. The predicted molar refractivity (Wildman–Crippen MR) is 100 cm³/mol. The lowest BCUT2D eigenvalue weighted by atomic mass is 10.1. The molecule has 1 unspecified atom stereocenters. The molecule has 154 valence electrons. The number of hydrogen-bond donors (Lipinski definition) is 1. The molecule has 1 fully saturated rings. The zero-order valence-corrected chi connectivity index (χ0v) is 16.2. The van der Waals surface area contributed by atoms with E-state index in [1.165, 1.54) is 11.0 Å². The number of piperidine rings is 1. The van der Waals surface area contributed by atoms with Crippen molar-refractivity contribution in [3.05, 3.63) is 29.3 Å². The van der Waals surface area contributed by atoms with Crippen molar-refractivity contribution in [2.24, 2.45) is 0 Å². The van der Waals surface area contributed by atoms with E-state index in [0.29, 0.717) is 42.8 Å². The summed E-state index contributed by atoms with van der Waals surface area (Å²) in [4.78, 5) is 39.7. The lowest BCUT2D eigenvalue weighted by Crippen LogP contribution is -2.52. The molecule has 9 heteroatoms. The van der Waals surface area contributed by atoms with Gasteiger partial charge in [-0.05, 0) is 38.0 Å². The summed E-state index contributed by atoms with van der Waals surface area (Å²) in [5, 5.41) is 17.7. The van der Waals surface area contributed by atoms with Gasteiger partial charge in [0.1, 0.15) is 25.0 Å². The largest absolute Gasteiger partial charge is 0.491 e. The summed E-state index contributed by atoms with van der Waals surface area (Å²) in [5.41, 5.74) is 0.740. The van der Waals surface area contributed by atoms with Crippen LogP contribution < -0.4 is 4.74 Å². The summed E-state index contributed by atoms with van der Waals surface area (Å²) in [6.45, 7) is 2.76. The molecule has 0 bridgehead atoms. The highest BCUT2D eigenvalue weighted by Gasteiger charge is 2.34. The fourth-order valence-corrected chi connectivity index (χ4v) is 3.60. The molecule has 9 nitrogen and oxygen atoms in total. The minimum Gasteiger partial charge on any atom is -0.491 e. The molecule has 1 aromatic carbocycles. The van der Waals surface area contributed by atoms with Crippen molar-refractivity contribution in [2.75, 3.05) is 32.8 Å². The van der Waals surface area contributed by atoms with Gasteiger partial charge in [0, 0.05) is 13.1 Å². The quantitative estimate of drug-likeness (QED) is 0.777. The van der Waals surface area contributed by atoms with Gasteiger partial charge in [-0.3, -0.25) is 9.59 Å². The van der Waals surface area contributed by atoms with Crippen molar-refractivity contribution in [2.45, 2.75) is 31.9 Å². The molecule has 2 aliphatic heterocycles. The number of amides is 2. The van der Waals surface area contributed by atoms with Crippen molar-refractivity contribution >= 4 is 17.8 Å². The molecule has 29 heavy (non-hydrogen) atoms. The van der Waals surface area contributed by atoms with Gasteiger partial charge in [0.2, 0.25) is 5.91 Å². The Balaban J connectivity index is 1.64. The maximum atomic E-state index is 13.0. The summed E-state index contributed by atoms with van der Waals surface area (Å²) < 4.78 is 10.9. The minimum atomic E-state index is -1.01. The number of carboxylic acid groups (broad SMARTS) is 1. The molecule has 1 N–H and O–H groups in total. The maximum absolute atomic E-state index is 13.0. The van der Waals surface area contributed by atoms with E-state index in [1.807, 2.05) is 6.07 Å². The van der Waals surface area contributed by atoms with E-state index in [9.17, 15) is 14.4 Å². The van der Waals surface area contributed by atoms with Crippen LogP contribution in [0.1, 0.15) is 35.7 Å². The van der Waals surface area contributed by atoms with E-state index in [4.69, 9.17) is 19.8 Å². The molecular weight excluding hydrogens is 378 g/mol. The van der Waals surface area contributed by atoms with E-state index in [0.717, 1.165) is 0 Å². The van der Waals surface area contributed by atoms with E-state index in [1.54, 1.807) is 24.0 Å². The highest BCUT2D eigenvalue weighted by Crippen LogP contribution is 2.26. The van der Waals surface area contributed by atoms with Crippen molar-refractivity contribution in [3.63, 3.8) is 0 Å². The molecule has 0 radical (unpaired) electrons. The Kier molecular flexibility index (Phi) is 6.34. The Bertz CT molecular complexity index is 841. The van der Waals surface area contributed by atoms with Crippen LogP contribution in [0, 0.1) is 11.3 Å². The van der Waals surface area contributed by atoms with Crippen LogP contribution in [0.15, 0.2) is 18.2 Å². The average molecular weight is 401 g/mol. The van der Waals surface area contributed by atoms with Gasteiger partial charge >= 0.3 is 5.97 Å². The van der Waals surface area contributed by atoms with Crippen LogP contribution in [-0.2, 0) is 14.3 Å². The number of rotatable bonds is 5. The standard InChI is InChI=1S/C20H23N3O6/c1-13(19(26)22-6-4-15(5-7-22)29-12-18(24)25)23-8-9-28-17-10-14(11-21)2-3-16(17)20(23)27/h2-3,10,13,15H,4-9,12H2,1H3,(H,24,25). The van der Waals surface area contributed by atoms with Gasteiger partial charge in [-0.2, -0.15) is 5.26 Å². The summed E-state index contributed by atoms with van der Waals surface area (Å²) in [6.07, 6.45) is 0.936. The second kappa shape index (κ2) is 8.92. The molecule has 2 amide bonds. The number of ether oxygens (including phenoxy) is 2. The number of likely N-dealkylation sites (tertiary alicyclic amines) is 1. The van der Waals surface area contributed by atoms with Gasteiger partial charge in [0.15, 0.2) is 0 Å². The number of benzene rings is 1. The topological polar surface area (TPSA) is 120 Å². The number of hydrogen-bond acceptors (Lipinski definition) is 6. The Morgan fingerprint density at radius 3 is 2.72 bits per heavy atom. The third-order valence-corrected chi connectivity index (χ3v) is 5.21. The third-order valence-electron chi connectivity index (χ3n) is 5.21. The summed E-state index contributed by atoms with van der Waals surface area (Å²) >= 11 is 0. The van der Waals surface area contributed by atoms with Gasteiger partial charge in [0.05, 0.1) is 29.8 Å². The highest BCUT2D eigenvalue weighted by molar-refractivity contribution is 6.00. The maximum Gasteiger partial charge on any atom is 0.329 e. The fourth-order valence-electron chi connectivity index (χ4n) is 3.60. The second-order valence-electron chi connectivity index (χ2n) is 7.08. The molecule has 1 aromatic rings. The first-order valence-electron chi connectivity index (χ1n) is 9.50. The third kappa shape index (κ3) is 4.66. The van der Waals surface area contributed by atoms with E-state index < -0.39 is 12.0 Å². The van der Waals surface area contributed by atoms with Crippen LogP contribution in [-0.4, -0.2) is 77.7 Å². The second-order valence-corrected chi connectivity index (χ2v) is 7.08. The van der Waals surface area contributed by atoms with Crippen LogP contribution in [0.5, 0.6) is 5.75 Å². The molecule has 1 saturated heterocycles. The number of aliphatic carboxylic acids is 1. The lowest BCUT2D eigenvalue weighted by molar-refractivity contribution is -0.147. The van der Waals surface area contributed by atoms with Gasteiger partial charge in [0.25, 0.3) is 5.91 Å². The molecule has 0 aromatic heterocycles. The Morgan fingerprint density at radius 2 is 2.07 bits per heavy atom. The Morgan fingerprint density at radius 1 is 1.34 bits per heavy atom. The SMILES string of the molecule is CC(C(=O)N1CCC(OCC(=O)O)CC1)N1CCOc2cc(C#N)ccc2C1=O. The van der Waals surface area contributed by atoms with Crippen molar-refractivity contribution in [3.8, 4) is 11.8 Å². The average Bonchev–Trinajstić information content (AvgIpc) is 2.89. The lowest BCUT2D eigenvalue weighted by Gasteiger charge is -2.36. The van der Waals surface area contributed by atoms with E-state index >= 15 is 0 Å². The molecule has 2 heterocycles. The molecule has 3 rings (SSSR count). The first-order valence-corrected chi connectivity index (χ1v) is 9.50. The summed E-state index contributed by atoms with van der Waals surface area (Å²) in [5.74, 6) is -1.12. The van der Waals surface area contributed by atoms with Gasteiger partial charge in [-0.25, -0.2) is 4.79 Å². The van der Waals surface area contributed by atoms with Gasteiger partial charge in [-0.15, -0.1) is 0 Å². The molecular formula is C20H23N3O6. The number of nitrogens with zero attached hydrogens (tertiary/aromatic N) is 3. The summed E-state index contributed by atoms with van der Waals surface area (Å²) in [7, 11) is 0. The fraction of sp³-hybridized carbons (Fsp3) is 0.500. The van der Waals surface area contributed by atoms with Gasteiger partial charge in [-0.1, -0.05) is 0 Å². The van der Waals surface area contributed by atoms with Crippen molar-refractivity contribution in [1.82, 2.24) is 9.80 Å². The smallest absolute Gasteiger partial charge is 0.329 e. The van der Waals surface area contributed by atoms with E-state index in [2.05, 4.69) is 0 Å². The Hall–Kier alpha value is -3.12. The molecule has 1 atom stereocenters. The van der Waals surface area contributed by atoms with Crippen LogP contribution in [0.4, 0.5) is 0 Å². The molecule has 0 spiro atoms. The van der Waals surface area contributed by atoms with Crippen LogP contribution in [0.25, 0.3) is 0 Å². The number of fused-ring (bicyclic) bond motifs is 1. The van der Waals surface area contributed by atoms with Crippen LogP contribution in [0.3, 0.4) is 0 Å². The first kappa shape index (κ1) is 20.6. The van der Waals surface area contributed by atoms with E-state index in [-0.39, 0.29) is 37.7 Å². The number of nitriles is 1.